The topological polar surface area (TPSA) is 237 Å². The van der Waals surface area contributed by atoms with E-state index in [9.17, 15) is 43.2 Å². The highest BCUT2D eigenvalue weighted by Gasteiger charge is 2.30. The number of aliphatic hydroxyl groups is 1. The molecule has 5 unspecified atom stereocenters. The van der Waals surface area contributed by atoms with Crippen LogP contribution in [0.15, 0.2) is 134 Å². The Kier molecular flexibility index (Phi) is 65.3. The van der Waals surface area contributed by atoms with Gasteiger partial charge in [0.2, 0.25) is 0 Å². The first kappa shape index (κ1) is 91.2. The van der Waals surface area contributed by atoms with Crippen LogP contribution in [0.4, 0.5) is 0 Å². The van der Waals surface area contributed by atoms with E-state index in [1.54, 1.807) is 12.2 Å². The van der Waals surface area contributed by atoms with Crippen molar-refractivity contribution in [1.29, 1.82) is 0 Å². The fourth-order valence-corrected chi connectivity index (χ4v) is 10.7. The van der Waals surface area contributed by atoms with Gasteiger partial charge in [0.05, 0.1) is 39.3 Å². The molecule has 19 heteroatoms. The molecule has 0 aliphatic carbocycles. The van der Waals surface area contributed by atoms with Crippen LogP contribution in [0.25, 0.3) is 0 Å². The summed E-state index contributed by atoms with van der Waals surface area (Å²) in [5, 5.41) is 10.6. The molecule has 0 saturated carbocycles. The summed E-state index contributed by atoms with van der Waals surface area (Å²) < 4.78 is 68.0. The lowest BCUT2D eigenvalue weighted by atomic mass is 10.0. The normalized spacial score (nSPS) is 14.8. The standard InChI is InChI=1S/C77H128O17P2/c1-5-9-13-17-21-25-29-32-35-38-42-45-49-53-57-61-74(79)87-67-72(93-76(81)63-59-55-51-47-41-28-24-20-16-12-8-4)69-91-95(83,84)89-65-71(78)66-90-96(85,86)92-70-73(94-77(82)64-60-56-52-48-44-40-37-34-31-27-23-19-15-11-7-3)68-88-75(80)62-58-54-50-46-43-39-36-33-30-26-22-18-14-10-6-2/h9-10,13-14,20-22,24-26,32-33,35-36,42-43,45-46,53-54,57-58,71-73,78H,5-8,11-12,15-19,23,27-31,34,37-41,44,47-52,55-56,59-70H2,1-4H3,(H,83,84)(H,85,86)/b13-9-,14-10-,24-20-,25-21-,26-22-,35-32-,36-33-,45-42-,46-43-,57-53-,58-54-. The first-order valence-electron chi connectivity index (χ1n) is 36.4. The summed E-state index contributed by atoms with van der Waals surface area (Å²) in [5.74, 6) is -2.48. The number of carbonyl (C=O) groups excluding carboxylic acids is 4. The van der Waals surface area contributed by atoms with Crippen LogP contribution in [0.2, 0.25) is 0 Å². The minimum atomic E-state index is -5.00. The van der Waals surface area contributed by atoms with Gasteiger partial charge in [0.1, 0.15) is 19.3 Å². The number of unbranched alkanes of at least 4 members (excludes halogenated alkanes) is 21. The lowest BCUT2D eigenvalue weighted by Gasteiger charge is -2.21. The van der Waals surface area contributed by atoms with E-state index in [0.29, 0.717) is 25.7 Å². The highest BCUT2D eigenvalue weighted by atomic mass is 31.2. The molecule has 0 spiro atoms. The third-order valence-electron chi connectivity index (χ3n) is 14.7. The number of allylic oxidation sites excluding steroid dienone is 20. The third kappa shape index (κ3) is 67.8. The van der Waals surface area contributed by atoms with Crippen molar-refractivity contribution in [3.8, 4) is 0 Å². The second-order valence-electron chi connectivity index (χ2n) is 23.8. The van der Waals surface area contributed by atoms with Crippen molar-refractivity contribution < 1.29 is 80.2 Å². The molecule has 0 aromatic heterocycles. The molecule has 17 nitrogen and oxygen atoms in total. The smallest absolute Gasteiger partial charge is 0.461 e. The Labute approximate surface area is 580 Å². The minimum Gasteiger partial charge on any atom is -0.461 e. The van der Waals surface area contributed by atoms with Crippen LogP contribution < -0.4 is 0 Å². The lowest BCUT2D eigenvalue weighted by Crippen LogP contribution is -2.30. The van der Waals surface area contributed by atoms with Gasteiger partial charge in [0.25, 0.3) is 0 Å². The van der Waals surface area contributed by atoms with E-state index < -0.39 is 97.5 Å². The van der Waals surface area contributed by atoms with Crippen LogP contribution in [0.3, 0.4) is 0 Å². The molecule has 0 aliphatic heterocycles. The number of phosphoric ester groups is 2. The van der Waals surface area contributed by atoms with Gasteiger partial charge < -0.3 is 33.8 Å². The SMILES string of the molecule is CC/C=C\C/C=C\C/C=C\C/C=C\C/C=C\CC(=O)OCC(COP(=O)(O)OCC(O)COP(=O)(O)OCC(COC(=O)C/C=C\C/C=C\C/C=C\C/C=C\C/C=C\CC)OC(=O)CCCCCCCCCCCCCCCCC)OC(=O)CCCCCCC/C=C\CCCC. The number of carbonyl (C=O) groups is 4. The second kappa shape index (κ2) is 68.7. The summed E-state index contributed by atoms with van der Waals surface area (Å²) in [6, 6.07) is 0. The van der Waals surface area contributed by atoms with Gasteiger partial charge in [-0.1, -0.05) is 283 Å². The summed E-state index contributed by atoms with van der Waals surface area (Å²) in [6.07, 6.45) is 75.2. The molecule has 0 aromatic rings. The highest BCUT2D eigenvalue weighted by Crippen LogP contribution is 2.45. The number of phosphoric acid groups is 2. The molecule has 548 valence electrons. The monoisotopic (exact) mass is 1390 g/mol. The van der Waals surface area contributed by atoms with Crippen LogP contribution in [0.1, 0.15) is 272 Å². The Morgan fingerprint density at radius 3 is 0.906 bits per heavy atom. The first-order valence-corrected chi connectivity index (χ1v) is 39.4. The molecular formula is C77H128O17P2. The number of esters is 4. The van der Waals surface area contributed by atoms with Crippen molar-refractivity contribution in [2.24, 2.45) is 0 Å². The molecule has 0 radical (unpaired) electrons. The molecule has 0 aromatic carbocycles. The molecule has 0 saturated heterocycles. The van der Waals surface area contributed by atoms with E-state index in [2.05, 4.69) is 113 Å². The summed E-state index contributed by atoms with van der Waals surface area (Å²) in [5.41, 5.74) is 0. The Hall–Kier alpha value is -4.80. The second-order valence-corrected chi connectivity index (χ2v) is 26.7. The Morgan fingerprint density at radius 2 is 0.583 bits per heavy atom. The van der Waals surface area contributed by atoms with Crippen LogP contribution in [0.5, 0.6) is 0 Å². The maximum absolute atomic E-state index is 13.0. The number of hydrogen-bond donors (Lipinski definition) is 3. The van der Waals surface area contributed by atoms with Gasteiger partial charge in [-0.15, -0.1) is 0 Å². The van der Waals surface area contributed by atoms with Crippen LogP contribution in [-0.4, -0.2) is 96.7 Å². The largest absolute Gasteiger partial charge is 0.472 e. The van der Waals surface area contributed by atoms with E-state index in [0.717, 1.165) is 122 Å². The van der Waals surface area contributed by atoms with E-state index >= 15 is 0 Å². The number of ether oxygens (including phenoxy) is 4. The Morgan fingerprint density at radius 1 is 0.312 bits per heavy atom. The molecule has 96 heavy (non-hydrogen) atoms. The van der Waals surface area contributed by atoms with Gasteiger partial charge in [0, 0.05) is 12.8 Å². The molecular weight excluding hydrogens is 1260 g/mol. The molecule has 0 bridgehead atoms. The van der Waals surface area contributed by atoms with Gasteiger partial charge >= 0.3 is 39.5 Å². The maximum atomic E-state index is 13.0. The number of rotatable bonds is 67. The molecule has 0 fully saturated rings. The molecule has 5 atom stereocenters. The van der Waals surface area contributed by atoms with Gasteiger partial charge in [-0.25, -0.2) is 9.13 Å². The fourth-order valence-electron chi connectivity index (χ4n) is 9.17. The van der Waals surface area contributed by atoms with Crippen molar-refractivity contribution >= 4 is 39.5 Å². The molecule has 0 rings (SSSR count). The first-order chi connectivity index (χ1) is 46.7. The van der Waals surface area contributed by atoms with Crippen molar-refractivity contribution in [3.05, 3.63) is 134 Å². The quantitative estimate of drug-likeness (QED) is 0.0169. The third-order valence-corrected chi connectivity index (χ3v) is 16.6. The summed E-state index contributed by atoms with van der Waals surface area (Å²) in [6.45, 7) is 4.35. The molecule has 0 aliphatic rings. The summed E-state index contributed by atoms with van der Waals surface area (Å²) in [7, 11) is -10.00. The number of aliphatic hydroxyl groups excluding tert-OH is 1. The Bertz CT molecular complexity index is 2350. The fraction of sp³-hybridized carbons (Fsp3) is 0.662. The zero-order valence-electron chi connectivity index (χ0n) is 59.5. The predicted molar refractivity (Wildman–Crippen MR) is 390 cm³/mol. The van der Waals surface area contributed by atoms with Crippen molar-refractivity contribution in [1.82, 2.24) is 0 Å². The number of hydrogen-bond acceptors (Lipinski definition) is 15. The lowest BCUT2D eigenvalue weighted by molar-refractivity contribution is -0.161. The van der Waals surface area contributed by atoms with Gasteiger partial charge in [0.15, 0.2) is 12.2 Å². The molecule has 0 heterocycles. The zero-order chi connectivity index (χ0) is 70.4. The van der Waals surface area contributed by atoms with Gasteiger partial charge in [-0.2, -0.15) is 0 Å². The van der Waals surface area contributed by atoms with Gasteiger partial charge in [-0.05, 0) is 96.3 Å². The highest BCUT2D eigenvalue weighted by molar-refractivity contribution is 7.47. The Balaban J connectivity index is 5.46. The zero-order valence-corrected chi connectivity index (χ0v) is 61.3. The van der Waals surface area contributed by atoms with Gasteiger partial charge in [-0.3, -0.25) is 37.3 Å². The van der Waals surface area contributed by atoms with E-state index in [-0.39, 0.29) is 25.7 Å². The predicted octanol–water partition coefficient (Wildman–Crippen LogP) is 20.5. The van der Waals surface area contributed by atoms with Crippen molar-refractivity contribution in [2.75, 3.05) is 39.6 Å². The van der Waals surface area contributed by atoms with Crippen LogP contribution >= 0.6 is 15.6 Å². The van der Waals surface area contributed by atoms with E-state index in [1.807, 2.05) is 36.5 Å². The molecule has 3 N–H and O–H groups in total. The maximum Gasteiger partial charge on any atom is 0.472 e. The summed E-state index contributed by atoms with van der Waals surface area (Å²) >= 11 is 0. The minimum absolute atomic E-state index is 0.0601. The van der Waals surface area contributed by atoms with Crippen LogP contribution in [-0.2, 0) is 65.4 Å². The van der Waals surface area contributed by atoms with Crippen molar-refractivity contribution in [2.45, 2.75) is 290 Å². The average Bonchev–Trinajstić information content (AvgIpc) is 1.11. The van der Waals surface area contributed by atoms with E-state index in [4.69, 9.17) is 37.0 Å². The average molecular weight is 1390 g/mol. The summed E-state index contributed by atoms with van der Waals surface area (Å²) in [4.78, 5) is 72.5. The molecule has 0 amide bonds. The van der Waals surface area contributed by atoms with Crippen molar-refractivity contribution in [3.63, 3.8) is 0 Å². The van der Waals surface area contributed by atoms with E-state index in [1.165, 1.54) is 70.6 Å². The van der Waals surface area contributed by atoms with Crippen LogP contribution in [0, 0.1) is 0 Å².